The van der Waals surface area contributed by atoms with Gasteiger partial charge in [0.1, 0.15) is 6.33 Å². The van der Waals surface area contributed by atoms with E-state index in [-0.39, 0.29) is 0 Å². The van der Waals surface area contributed by atoms with Gasteiger partial charge in [-0.3, -0.25) is 0 Å². The van der Waals surface area contributed by atoms with Gasteiger partial charge in [0, 0.05) is 0 Å². The summed E-state index contributed by atoms with van der Waals surface area (Å²) in [6.45, 7) is 6.62. The molecule has 0 spiro atoms. The van der Waals surface area contributed by atoms with Gasteiger partial charge >= 0.3 is 0 Å². The summed E-state index contributed by atoms with van der Waals surface area (Å²) in [5, 5.41) is 7.63. The summed E-state index contributed by atoms with van der Waals surface area (Å²) < 4.78 is 1.88. The molecule has 0 amide bonds. The number of aryl methyl sites for hydroxylation is 1. The molecule has 0 radical (unpaired) electrons. The van der Waals surface area contributed by atoms with E-state index in [0.717, 1.165) is 25.5 Å². The van der Waals surface area contributed by atoms with E-state index in [0.29, 0.717) is 0 Å². The highest BCUT2D eigenvalue weighted by Crippen LogP contribution is 2.05. The normalized spacial score (nSPS) is 10.7. The number of benzene rings is 1. The smallest absolute Gasteiger partial charge is 0.164 e. The molecule has 4 nitrogen and oxygen atoms in total. The molecule has 1 aromatic heterocycles. The van der Waals surface area contributed by atoms with Crippen LogP contribution in [0.3, 0.4) is 0 Å². The minimum atomic E-state index is 0.733. The standard InChI is InChI=1S/C13H18N4/c1-3-14-8-13-15-10-17(16-13)9-12-6-4-5-11(2)7-12/h4-7,10,14H,3,8-9H2,1-2H3. The maximum atomic E-state index is 4.42. The molecule has 0 saturated carbocycles. The number of nitrogens with one attached hydrogen (secondary N) is 1. The lowest BCUT2D eigenvalue weighted by Crippen LogP contribution is -2.13. The van der Waals surface area contributed by atoms with Crippen LogP contribution in [0.1, 0.15) is 23.9 Å². The van der Waals surface area contributed by atoms with Crippen molar-refractivity contribution in [3.05, 3.63) is 47.5 Å². The van der Waals surface area contributed by atoms with Crippen LogP contribution in [0.2, 0.25) is 0 Å². The first-order valence-electron chi connectivity index (χ1n) is 5.92. The van der Waals surface area contributed by atoms with Crippen LogP contribution in [-0.4, -0.2) is 21.3 Å². The second-order valence-electron chi connectivity index (χ2n) is 4.13. The van der Waals surface area contributed by atoms with E-state index in [4.69, 9.17) is 0 Å². The van der Waals surface area contributed by atoms with E-state index < -0.39 is 0 Å². The third-order valence-electron chi connectivity index (χ3n) is 2.54. The minimum absolute atomic E-state index is 0.733. The van der Waals surface area contributed by atoms with E-state index in [2.05, 4.69) is 53.5 Å². The highest BCUT2D eigenvalue weighted by Gasteiger charge is 2.01. The van der Waals surface area contributed by atoms with Gasteiger partial charge in [0.25, 0.3) is 0 Å². The van der Waals surface area contributed by atoms with Crippen molar-refractivity contribution in [3.8, 4) is 0 Å². The van der Waals surface area contributed by atoms with Crippen molar-refractivity contribution >= 4 is 0 Å². The molecule has 17 heavy (non-hydrogen) atoms. The van der Waals surface area contributed by atoms with Gasteiger partial charge in [0.2, 0.25) is 0 Å². The lowest BCUT2D eigenvalue weighted by molar-refractivity contribution is 0.643. The Morgan fingerprint density at radius 3 is 3.00 bits per heavy atom. The highest BCUT2D eigenvalue weighted by atomic mass is 15.3. The molecule has 0 bridgehead atoms. The largest absolute Gasteiger partial charge is 0.310 e. The van der Waals surface area contributed by atoms with Crippen LogP contribution in [0, 0.1) is 6.92 Å². The second kappa shape index (κ2) is 5.59. The lowest BCUT2D eigenvalue weighted by atomic mass is 10.1. The molecule has 1 N–H and O–H groups in total. The summed E-state index contributed by atoms with van der Waals surface area (Å²) in [6, 6.07) is 8.45. The fraction of sp³-hybridized carbons (Fsp3) is 0.385. The average Bonchev–Trinajstić information content (AvgIpc) is 2.74. The zero-order valence-corrected chi connectivity index (χ0v) is 10.3. The van der Waals surface area contributed by atoms with Crippen molar-refractivity contribution in [1.82, 2.24) is 20.1 Å². The first kappa shape index (κ1) is 11.8. The molecule has 1 heterocycles. The number of aromatic nitrogens is 3. The van der Waals surface area contributed by atoms with Crippen molar-refractivity contribution < 1.29 is 0 Å². The van der Waals surface area contributed by atoms with Crippen LogP contribution in [-0.2, 0) is 13.1 Å². The SMILES string of the molecule is CCNCc1ncn(Cc2cccc(C)c2)n1. The van der Waals surface area contributed by atoms with Gasteiger partial charge in [0.15, 0.2) is 5.82 Å². The van der Waals surface area contributed by atoms with Gasteiger partial charge in [-0.1, -0.05) is 36.8 Å². The van der Waals surface area contributed by atoms with Gasteiger partial charge in [0.05, 0.1) is 13.1 Å². The molecule has 90 valence electrons. The summed E-state index contributed by atoms with van der Waals surface area (Å²) in [5.74, 6) is 0.847. The summed E-state index contributed by atoms with van der Waals surface area (Å²) >= 11 is 0. The van der Waals surface area contributed by atoms with E-state index in [1.807, 2.05) is 4.68 Å². The third kappa shape index (κ3) is 3.39. The van der Waals surface area contributed by atoms with Crippen LogP contribution < -0.4 is 5.32 Å². The van der Waals surface area contributed by atoms with Crippen molar-refractivity contribution in [2.24, 2.45) is 0 Å². The quantitative estimate of drug-likeness (QED) is 0.851. The van der Waals surface area contributed by atoms with Crippen molar-refractivity contribution in [2.75, 3.05) is 6.54 Å². The predicted octanol–water partition coefficient (Wildman–Crippen LogP) is 1.74. The second-order valence-corrected chi connectivity index (χ2v) is 4.13. The van der Waals surface area contributed by atoms with Crippen LogP contribution >= 0.6 is 0 Å². The van der Waals surface area contributed by atoms with E-state index >= 15 is 0 Å². The maximum Gasteiger partial charge on any atom is 0.164 e. The zero-order chi connectivity index (χ0) is 12.1. The van der Waals surface area contributed by atoms with Crippen molar-refractivity contribution in [2.45, 2.75) is 26.9 Å². The molecule has 0 atom stereocenters. The van der Waals surface area contributed by atoms with Crippen LogP contribution in [0.5, 0.6) is 0 Å². The Balaban J connectivity index is 2.01. The van der Waals surface area contributed by atoms with Gasteiger partial charge in [-0.2, -0.15) is 5.10 Å². The molecule has 0 aliphatic heterocycles. The number of nitrogens with zero attached hydrogens (tertiary/aromatic N) is 3. The molecule has 0 aliphatic rings. The Labute approximate surface area is 102 Å². The van der Waals surface area contributed by atoms with E-state index in [9.17, 15) is 0 Å². The first-order valence-corrected chi connectivity index (χ1v) is 5.92. The predicted molar refractivity (Wildman–Crippen MR) is 67.7 cm³/mol. The number of hydrogen-bond acceptors (Lipinski definition) is 3. The monoisotopic (exact) mass is 230 g/mol. The van der Waals surface area contributed by atoms with Gasteiger partial charge in [-0.25, -0.2) is 9.67 Å². The Bertz CT molecular complexity index is 476. The topological polar surface area (TPSA) is 42.7 Å². The lowest BCUT2D eigenvalue weighted by Gasteiger charge is -2.02. The average molecular weight is 230 g/mol. The Morgan fingerprint density at radius 2 is 2.24 bits per heavy atom. The highest BCUT2D eigenvalue weighted by molar-refractivity contribution is 5.22. The maximum absolute atomic E-state index is 4.42. The van der Waals surface area contributed by atoms with Crippen molar-refractivity contribution in [1.29, 1.82) is 0 Å². The van der Waals surface area contributed by atoms with E-state index in [1.54, 1.807) is 6.33 Å². The third-order valence-corrected chi connectivity index (χ3v) is 2.54. The number of hydrogen-bond donors (Lipinski definition) is 1. The van der Waals surface area contributed by atoms with Crippen LogP contribution in [0.25, 0.3) is 0 Å². The van der Waals surface area contributed by atoms with Gasteiger partial charge in [-0.15, -0.1) is 0 Å². The molecular formula is C13H18N4. The summed E-state index contributed by atoms with van der Waals surface area (Å²) in [6.07, 6.45) is 1.79. The molecule has 4 heteroatoms. The molecule has 0 fully saturated rings. The zero-order valence-electron chi connectivity index (χ0n) is 10.3. The molecule has 0 aliphatic carbocycles. The Morgan fingerprint density at radius 1 is 1.35 bits per heavy atom. The number of rotatable bonds is 5. The van der Waals surface area contributed by atoms with Crippen molar-refractivity contribution in [3.63, 3.8) is 0 Å². The Hall–Kier alpha value is -1.68. The van der Waals surface area contributed by atoms with Gasteiger partial charge < -0.3 is 5.32 Å². The van der Waals surface area contributed by atoms with Crippen LogP contribution in [0.4, 0.5) is 0 Å². The van der Waals surface area contributed by atoms with E-state index in [1.165, 1.54) is 11.1 Å². The van der Waals surface area contributed by atoms with Crippen LogP contribution in [0.15, 0.2) is 30.6 Å². The molecule has 0 unspecified atom stereocenters. The summed E-state index contributed by atoms with van der Waals surface area (Å²) in [7, 11) is 0. The molecule has 0 saturated heterocycles. The minimum Gasteiger partial charge on any atom is -0.310 e. The molecule has 2 aromatic rings. The fourth-order valence-corrected chi connectivity index (χ4v) is 1.72. The molecule has 2 rings (SSSR count). The first-order chi connectivity index (χ1) is 8.28. The van der Waals surface area contributed by atoms with Gasteiger partial charge in [-0.05, 0) is 19.0 Å². The summed E-state index contributed by atoms with van der Waals surface area (Å²) in [5.41, 5.74) is 2.53. The fourth-order valence-electron chi connectivity index (χ4n) is 1.72. The molecule has 1 aromatic carbocycles. The summed E-state index contributed by atoms with van der Waals surface area (Å²) in [4.78, 5) is 4.26. The Kier molecular flexibility index (Phi) is 3.88. The molecular weight excluding hydrogens is 212 g/mol.